The zero-order valence-electron chi connectivity index (χ0n) is 16.3. The predicted molar refractivity (Wildman–Crippen MR) is 106 cm³/mol. The lowest BCUT2D eigenvalue weighted by molar-refractivity contribution is -0.149. The van der Waals surface area contributed by atoms with E-state index in [2.05, 4.69) is 6.58 Å². The summed E-state index contributed by atoms with van der Waals surface area (Å²) in [5, 5.41) is 9.50. The molecule has 0 radical (unpaired) electrons. The molecule has 0 aromatic heterocycles. The fourth-order valence-corrected chi connectivity index (χ4v) is 5.13. The second-order valence-electron chi connectivity index (χ2n) is 8.10. The summed E-state index contributed by atoms with van der Waals surface area (Å²) in [5.74, 6) is -0.0843. The van der Waals surface area contributed by atoms with Gasteiger partial charge in [0.1, 0.15) is 0 Å². The SMILES string of the molecule is C=CCN1C(=O)[C@@]2(O[C@@H](CC(=O)N3CCC[C@H]3CO)C[C@H]2C)c2ccccc21. The monoisotopic (exact) mass is 384 g/mol. The smallest absolute Gasteiger partial charge is 0.264 e. The lowest BCUT2D eigenvalue weighted by Gasteiger charge is -2.28. The van der Waals surface area contributed by atoms with Crippen LogP contribution >= 0.6 is 0 Å². The number of hydrogen-bond donors (Lipinski definition) is 1. The number of aliphatic hydroxyl groups is 1. The van der Waals surface area contributed by atoms with Gasteiger partial charge in [0.05, 0.1) is 30.9 Å². The predicted octanol–water partition coefficient (Wildman–Crippen LogP) is 2.21. The van der Waals surface area contributed by atoms with Gasteiger partial charge in [-0.15, -0.1) is 6.58 Å². The summed E-state index contributed by atoms with van der Waals surface area (Å²) in [6.45, 7) is 6.93. The van der Waals surface area contributed by atoms with Crippen LogP contribution in [0.1, 0.15) is 38.2 Å². The Morgan fingerprint density at radius 3 is 2.96 bits per heavy atom. The van der Waals surface area contributed by atoms with E-state index in [9.17, 15) is 14.7 Å². The quantitative estimate of drug-likeness (QED) is 0.791. The van der Waals surface area contributed by atoms with E-state index < -0.39 is 5.60 Å². The Morgan fingerprint density at radius 1 is 1.43 bits per heavy atom. The number of anilines is 1. The molecule has 4 rings (SSSR count). The zero-order chi connectivity index (χ0) is 19.9. The first kappa shape index (κ1) is 19.2. The molecule has 0 bridgehead atoms. The Bertz CT molecular complexity index is 794. The van der Waals surface area contributed by atoms with Gasteiger partial charge >= 0.3 is 0 Å². The largest absolute Gasteiger partial charge is 0.394 e. The Hall–Kier alpha value is -2.18. The van der Waals surface area contributed by atoms with Gasteiger partial charge in [-0.05, 0) is 25.3 Å². The average Bonchev–Trinajstić information content (AvgIpc) is 3.35. The zero-order valence-corrected chi connectivity index (χ0v) is 16.3. The molecule has 6 nitrogen and oxygen atoms in total. The van der Waals surface area contributed by atoms with Crippen LogP contribution in [0.15, 0.2) is 36.9 Å². The number of benzene rings is 1. The van der Waals surface area contributed by atoms with E-state index in [1.807, 2.05) is 31.2 Å². The van der Waals surface area contributed by atoms with Crippen LogP contribution < -0.4 is 4.90 Å². The minimum absolute atomic E-state index is 0.0000212. The number of likely N-dealkylation sites (tertiary alicyclic amines) is 1. The van der Waals surface area contributed by atoms with Crippen LogP contribution in [0.3, 0.4) is 0 Å². The van der Waals surface area contributed by atoms with Crippen LogP contribution in [0.5, 0.6) is 0 Å². The summed E-state index contributed by atoms with van der Waals surface area (Å²) in [4.78, 5) is 29.7. The third-order valence-corrected chi connectivity index (χ3v) is 6.44. The molecule has 1 aromatic carbocycles. The molecule has 4 atom stereocenters. The molecular formula is C22H28N2O4. The number of nitrogens with zero attached hydrogens (tertiary/aromatic N) is 2. The fraction of sp³-hybridized carbons (Fsp3) is 0.545. The normalized spacial score (nSPS) is 31.6. The van der Waals surface area contributed by atoms with Crippen molar-refractivity contribution < 1.29 is 19.4 Å². The van der Waals surface area contributed by atoms with Gasteiger partial charge in [-0.2, -0.15) is 0 Å². The number of hydrogen-bond acceptors (Lipinski definition) is 4. The molecule has 28 heavy (non-hydrogen) atoms. The molecule has 6 heteroatoms. The van der Waals surface area contributed by atoms with E-state index in [0.717, 1.165) is 24.1 Å². The van der Waals surface area contributed by atoms with Crippen molar-refractivity contribution in [3.05, 3.63) is 42.5 Å². The first-order chi connectivity index (χ1) is 13.5. The van der Waals surface area contributed by atoms with Crippen molar-refractivity contribution in [1.29, 1.82) is 0 Å². The highest BCUT2D eigenvalue weighted by molar-refractivity contribution is 6.07. The van der Waals surface area contributed by atoms with Crippen molar-refractivity contribution >= 4 is 17.5 Å². The van der Waals surface area contributed by atoms with Gasteiger partial charge in [0.15, 0.2) is 5.60 Å². The summed E-state index contributed by atoms with van der Waals surface area (Å²) >= 11 is 0. The summed E-state index contributed by atoms with van der Waals surface area (Å²) < 4.78 is 6.40. The Balaban J connectivity index is 1.57. The maximum absolute atomic E-state index is 13.4. The molecule has 2 fully saturated rings. The summed E-state index contributed by atoms with van der Waals surface area (Å²) in [7, 11) is 0. The minimum Gasteiger partial charge on any atom is -0.394 e. The van der Waals surface area contributed by atoms with Crippen molar-refractivity contribution in [1.82, 2.24) is 4.90 Å². The van der Waals surface area contributed by atoms with Crippen molar-refractivity contribution in [3.8, 4) is 0 Å². The summed E-state index contributed by atoms with van der Waals surface area (Å²) in [6.07, 6.45) is 4.09. The maximum atomic E-state index is 13.4. The molecule has 1 aromatic rings. The second-order valence-corrected chi connectivity index (χ2v) is 8.10. The average molecular weight is 384 g/mol. The molecular weight excluding hydrogens is 356 g/mol. The van der Waals surface area contributed by atoms with Crippen molar-refractivity contribution in [3.63, 3.8) is 0 Å². The van der Waals surface area contributed by atoms with Crippen LogP contribution in [0, 0.1) is 5.92 Å². The Morgan fingerprint density at radius 2 is 2.21 bits per heavy atom. The van der Waals surface area contributed by atoms with Gasteiger partial charge in [0.2, 0.25) is 5.91 Å². The topological polar surface area (TPSA) is 70.1 Å². The molecule has 0 aliphatic carbocycles. The molecule has 3 heterocycles. The van der Waals surface area contributed by atoms with Crippen molar-refractivity contribution in [2.45, 2.75) is 50.4 Å². The number of rotatable bonds is 5. The molecule has 2 amide bonds. The summed E-state index contributed by atoms with van der Waals surface area (Å²) in [6, 6.07) is 7.66. The third kappa shape index (κ3) is 2.78. The van der Waals surface area contributed by atoms with Gasteiger partial charge in [0.25, 0.3) is 5.91 Å². The number of amides is 2. The van der Waals surface area contributed by atoms with Crippen LogP contribution in [0.2, 0.25) is 0 Å². The molecule has 0 unspecified atom stereocenters. The first-order valence-electron chi connectivity index (χ1n) is 10.1. The van der Waals surface area contributed by atoms with E-state index in [1.165, 1.54) is 0 Å². The number of aliphatic hydroxyl groups excluding tert-OH is 1. The Labute approximate surface area is 165 Å². The number of carbonyl (C=O) groups is 2. The molecule has 2 saturated heterocycles. The first-order valence-corrected chi connectivity index (χ1v) is 10.1. The van der Waals surface area contributed by atoms with Gasteiger partial charge < -0.3 is 19.6 Å². The standard InChI is InChI=1S/C22H28N2O4/c1-3-10-24-19-9-5-4-8-18(19)22(21(24)27)15(2)12-17(28-22)13-20(26)23-11-6-7-16(23)14-25/h3-5,8-9,15-17,25H,1,6-7,10-14H2,2H3/t15-,16+,17-,22+/m1/s1. The van der Waals surface area contributed by atoms with Gasteiger partial charge in [-0.25, -0.2) is 0 Å². The number of ether oxygens (including phenoxy) is 1. The fourth-order valence-electron chi connectivity index (χ4n) is 5.13. The van der Waals surface area contributed by atoms with Gasteiger partial charge in [-0.3, -0.25) is 9.59 Å². The van der Waals surface area contributed by atoms with Gasteiger partial charge in [-0.1, -0.05) is 31.2 Å². The molecule has 1 spiro atoms. The van der Waals surface area contributed by atoms with E-state index in [0.29, 0.717) is 19.5 Å². The number of para-hydroxylation sites is 1. The van der Waals surface area contributed by atoms with E-state index in [-0.39, 0.29) is 42.9 Å². The summed E-state index contributed by atoms with van der Waals surface area (Å²) in [5.41, 5.74) is 0.733. The van der Waals surface area contributed by atoms with E-state index in [4.69, 9.17) is 4.74 Å². The number of fused-ring (bicyclic) bond motifs is 2. The van der Waals surface area contributed by atoms with E-state index >= 15 is 0 Å². The van der Waals surface area contributed by atoms with Crippen LogP contribution in [-0.4, -0.2) is 53.7 Å². The lowest BCUT2D eigenvalue weighted by Crippen LogP contribution is -2.44. The highest BCUT2D eigenvalue weighted by atomic mass is 16.5. The highest BCUT2D eigenvalue weighted by Gasteiger charge is 2.60. The molecule has 150 valence electrons. The molecule has 3 aliphatic rings. The molecule has 3 aliphatic heterocycles. The van der Waals surface area contributed by atoms with E-state index in [1.54, 1.807) is 15.9 Å². The number of carbonyl (C=O) groups excluding carboxylic acids is 2. The van der Waals surface area contributed by atoms with Crippen LogP contribution in [0.25, 0.3) is 0 Å². The van der Waals surface area contributed by atoms with Crippen LogP contribution in [0.4, 0.5) is 5.69 Å². The maximum Gasteiger partial charge on any atom is 0.264 e. The second kappa shape index (κ2) is 7.33. The highest BCUT2D eigenvalue weighted by Crippen LogP contribution is 2.53. The Kier molecular flexibility index (Phi) is 5.02. The molecule has 0 saturated carbocycles. The van der Waals surface area contributed by atoms with Crippen LogP contribution in [-0.2, 0) is 19.9 Å². The third-order valence-electron chi connectivity index (χ3n) is 6.44. The van der Waals surface area contributed by atoms with Crippen molar-refractivity contribution in [2.75, 3.05) is 24.6 Å². The minimum atomic E-state index is -1.02. The lowest BCUT2D eigenvalue weighted by atomic mass is 9.83. The van der Waals surface area contributed by atoms with Gasteiger partial charge in [0, 0.05) is 24.6 Å². The van der Waals surface area contributed by atoms with Crippen molar-refractivity contribution in [2.24, 2.45) is 5.92 Å². The molecule has 1 N–H and O–H groups in total.